The third-order valence-electron chi connectivity index (χ3n) is 2.33. The van der Waals surface area contributed by atoms with Gasteiger partial charge in [0.15, 0.2) is 0 Å². The first-order chi connectivity index (χ1) is 7.31. The van der Waals surface area contributed by atoms with Crippen LogP contribution in [0.5, 0.6) is 0 Å². The molecule has 0 aliphatic rings. The zero-order valence-electron chi connectivity index (χ0n) is 8.82. The Morgan fingerprint density at radius 1 is 1.47 bits per heavy atom. The summed E-state index contributed by atoms with van der Waals surface area (Å²) >= 11 is 1.63. The molecule has 2 rings (SSSR count). The van der Waals surface area contributed by atoms with E-state index in [-0.39, 0.29) is 0 Å². The van der Waals surface area contributed by atoms with E-state index < -0.39 is 0 Å². The van der Waals surface area contributed by atoms with Gasteiger partial charge >= 0.3 is 0 Å². The molecule has 2 aromatic heterocycles. The van der Waals surface area contributed by atoms with Crippen molar-refractivity contribution in [2.24, 2.45) is 0 Å². The molecule has 0 saturated heterocycles. The molecular formula is C10H14N4S. The number of thiophene rings is 1. The van der Waals surface area contributed by atoms with E-state index in [1.165, 1.54) is 0 Å². The second-order valence-corrected chi connectivity index (χ2v) is 4.33. The van der Waals surface area contributed by atoms with E-state index in [1.54, 1.807) is 17.7 Å². The predicted octanol–water partition coefficient (Wildman–Crippen LogP) is 1.71. The molecule has 0 radical (unpaired) electrons. The number of rotatable bonds is 4. The lowest BCUT2D eigenvalue weighted by Crippen LogP contribution is -2.29. The van der Waals surface area contributed by atoms with Gasteiger partial charge in [-0.3, -0.25) is 0 Å². The molecular weight excluding hydrogens is 208 g/mol. The Morgan fingerprint density at radius 3 is 3.13 bits per heavy atom. The lowest BCUT2D eigenvalue weighted by atomic mass is 10.3. The minimum absolute atomic E-state index is 0.425. The number of fused-ring (bicyclic) bond motifs is 1. The fraction of sp³-hybridized carbons (Fsp3) is 0.400. The Bertz CT molecular complexity index is 440. The molecule has 0 saturated carbocycles. The van der Waals surface area contributed by atoms with Crippen LogP contribution in [0, 0.1) is 0 Å². The monoisotopic (exact) mass is 222 g/mol. The molecule has 0 fully saturated rings. The molecule has 0 amide bonds. The van der Waals surface area contributed by atoms with Crippen molar-refractivity contribution in [1.82, 2.24) is 15.3 Å². The Hall–Kier alpha value is -1.20. The molecule has 0 bridgehead atoms. The Kier molecular flexibility index (Phi) is 3.13. The summed E-state index contributed by atoms with van der Waals surface area (Å²) in [5.41, 5.74) is 0. The van der Waals surface area contributed by atoms with Gasteiger partial charge in [0.05, 0.1) is 5.39 Å². The number of aromatic nitrogens is 2. The summed E-state index contributed by atoms with van der Waals surface area (Å²) in [4.78, 5) is 9.47. The zero-order chi connectivity index (χ0) is 10.7. The van der Waals surface area contributed by atoms with Crippen molar-refractivity contribution < 1.29 is 0 Å². The van der Waals surface area contributed by atoms with Crippen molar-refractivity contribution in [2.75, 3.05) is 18.9 Å². The van der Waals surface area contributed by atoms with Crippen LogP contribution in [0.3, 0.4) is 0 Å². The fourth-order valence-electron chi connectivity index (χ4n) is 1.28. The second-order valence-electron chi connectivity index (χ2n) is 3.43. The molecule has 1 unspecified atom stereocenters. The van der Waals surface area contributed by atoms with E-state index in [4.69, 9.17) is 0 Å². The van der Waals surface area contributed by atoms with Crippen molar-refractivity contribution in [3.63, 3.8) is 0 Å². The average molecular weight is 222 g/mol. The smallest absolute Gasteiger partial charge is 0.138 e. The first kappa shape index (κ1) is 10.3. The number of hydrogen-bond donors (Lipinski definition) is 2. The second kappa shape index (κ2) is 4.55. The number of likely N-dealkylation sites (N-methyl/N-ethyl adjacent to an activating group) is 1. The van der Waals surface area contributed by atoms with Crippen LogP contribution in [0.1, 0.15) is 6.92 Å². The summed E-state index contributed by atoms with van der Waals surface area (Å²) in [6, 6.07) is 2.47. The van der Waals surface area contributed by atoms with Crippen LogP contribution in [0.25, 0.3) is 10.2 Å². The van der Waals surface area contributed by atoms with Gasteiger partial charge in [0.2, 0.25) is 0 Å². The summed E-state index contributed by atoms with van der Waals surface area (Å²) < 4.78 is 0. The molecule has 2 N–H and O–H groups in total. The van der Waals surface area contributed by atoms with Gasteiger partial charge in [-0.15, -0.1) is 11.3 Å². The molecule has 2 aromatic rings. The van der Waals surface area contributed by atoms with Gasteiger partial charge in [-0.2, -0.15) is 0 Å². The molecule has 0 aliphatic carbocycles. The zero-order valence-corrected chi connectivity index (χ0v) is 9.64. The van der Waals surface area contributed by atoms with Gasteiger partial charge in [0.25, 0.3) is 0 Å². The summed E-state index contributed by atoms with van der Waals surface area (Å²) in [6.45, 7) is 2.98. The van der Waals surface area contributed by atoms with E-state index in [0.717, 1.165) is 22.6 Å². The van der Waals surface area contributed by atoms with E-state index >= 15 is 0 Å². The van der Waals surface area contributed by atoms with E-state index in [2.05, 4.69) is 27.5 Å². The highest BCUT2D eigenvalue weighted by Crippen LogP contribution is 2.23. The molecule has 1 atom stereocenters. The maximum absolute atomic E-state index is 4.24. The molecule has 0 aromatic carbocycles. The van der Waals surface area contributed by atoms with Gasteiger partial charge in [0.1, 0.15) is 17.0 Å². The van der Waals surface area contributed by atoms with Crippen molar-refractivity contribution in [1.29, 1.82) is 0 Å². The maximum atomic E-state index is 4.24. The first-order valence-corrected chi connectivity index (χ1v) is 5.78. The van der Waals surface area contributed by atoms with Crippen LogP contribution in [-0.4, -0.2) is 29.6 Å². The van der Waals surface area contributed by atoms with Gasteiger partial charge in [-0.05, 0) is 25.4 Å². The molecule has 5 heteroatoms. The van der Waals surface area contributed by atoms with Crippen molar-refractivity contribution in [3.05, 3.63) is 17.8 Å². The minimum atomic E-state index is 0.425. The van der Waals surface area contributed by atoms with Gasteiger partial charge in [0, 0.05) is 12.6 Å². The van der Waals surface area contributed by atoms with E-state index in [1.807, 2.05) is 18.5 Å². The predicted molar refractivity (Wildman–Crippen MR) is 64.4 cm³/mol. The van der Waals surface area contributed by atoms with Crippen molar-refractivity contribution >= 4 is 27.4 Å². The van der Waals surface area contributed by atoms with Crippen LogP contribution in [0.4, 0.5) is 5.82 Å². The standard InChI is InChI=1S/C10H14N4S/c1-7(11-2)5-12-9-8-3-4-15-10(8)14-6-13-9/h3-4,6-7,11H,5H2,1-2H3,(H,12,13,14). The summed E-state index contributed by atoms with van der Waals surface area (Å²) in [6.07, 6.45) is 1.60. The Morgan fingerprint density at radius 2 is 2.33 bits per heavy atom. The average Bonchev–Trinajstić information content (AvgIpc) is 2.74. The largest absolute Gasteiger partial charge is 0.368 e. The Balaban J connectivity index is 2.17. The van der Waals surface area contributed by atoms with Crippen molar-refractivity contribution in [2.45, 2.75) is 13.0 Å². The van der Waals surface area contributed by atoms with E-state index in [9.17, 15) is 0 Å². The third-order valence-corrected chi connectivity index (χ3v) is 3.15. The molecule has 80 valence electrons. The highest BCUT2D eigenvalue weighted by atomic mass is 32.1. The van der Waals surface area contributed by atoms with Crippen molar-refractivity contribution in [3.8, 4) is 0 Å². The topological polar surface area (TPSA) is 49.8 Å². The Labute approximate surface area is 92.8 Å². The number of hydrogen-bond acceptors (Lipinski definition) is 5. The van der Waals surface area contributed by atoms with Crippen LogP contribution in [0.15, 0.2) is 17.8 Å². The maximum Gasteiger partial charge on any atom is 0.138 e. The number of anilines is 1. The minimum Gasteiger partial charge on any atom is -0.368 e. The van der Waals surface area contributed by atoms with Gasteiger partial charge in [-0.25, -0.2) is 9.97 Å². The molecule has 15 heavy (non-hydrogen) atoms. The third kappa shape index (κ3) is 2.24. The highest BCUT2D eigenvalue weighted by molar-refractivity contribution is 7.16. The summed E-state index contributed by atoms with van der Waals surface area (Å²) in [5.74, 6) is 0.920. The molecule has 2 heterocycles. The van der Waals surface area contributed by atoms with Gasteiger partial charge in [-0.1, -0.05) is 0 Å². The lowest BCUT2D eigenvalue weighted by Gasteiger charge is -2.11. The normalized spacial score (nSPS) is 12.9. The van der Waals surface area contributed by atoms with Crippen LogP contribution < -0.4 is 10.6 Å². The molecule has 0 spiro atoms. The lowest BCUT2D eigenvalue weighted by molar-refractivity contribution is 0.637. The van der Waals surface area contributed by atoms with Crippen LogP contribution in [-0.2, 0) is 0 Å². The number of nitrogens with zero attached hydrogens (tertiary/aromatic N) is 2. The highest BCUT2D eigenvalue weighted by Gasteiger charge is 2.04. The number of nitrogens with one attached hydrogen (secondary N) is 2. The van der Waals surface area contributed by atoms with Crippen LogP contribution >= 0.6 is 11.3 Å². The van der Waals surface area contributed by atoms with Crippen LogP contribution in [0.2, 0.25) is 0 Å². The summed E-state index contributed by atoms with van der Waals surface area (Å²) in [5, 5.41) is 9.63. The van der Waals surface area contributed by atoms with Gasteiger partial charge < -0.3 is 10.6 Å². The first-order valence-electron chi connectivity index (χ1n) is 4.90. The quantitative estimate of drug-likeness (QED) is 0.827. The van der Waals surface area contributed by atoms with E-state index in [0.29, 0.717) is 6.04 Å². The summed E-state index contributed by atoms with van der Waals surface area (Å²) in [7, 11) is 1.95. The molecule has 0 aliphatic heterocycles. The molecule has 4 nitrogen and oxygen atoms in total. The SMILES string of the molecule is CNC(C)CNc1ncnc2sccc12. The fourth-order valence-corrected chi connectivity index (χ4v) is 2.02.